The summed E-state index contributed by atoms with van der Waals surface area (Å²) < 4.78 is 10.7. The molecule has 0 aromatic heterocycles. The van der Waals surface area contributed by atoms with Gasteiger partial charge in [0.2, 0.25) is 5.91 Å². The van der Waals surface area contributed by atoms with Crippen LogP contribution in [0.1, 0.15) is 36.0 Å². The minimum atomic E-state index is -0.381. The number of carbonyl (C=O) groups excluding carboxylic acids is 2. The molecule has 1 aromatic rings. The Morgan fingerprint density at radius 2 is 2.14 bits per heavy atom. The summed E-state index contributed by atoms with van der Waals surface area (Å²) in [6, 6.07) is 6.85. The van der Waals surface area contributed by atoms with Crippen LogP contribution >= 0.6 is 0 Å². The molecule has 1 amide bonds. The third-order valence-corrected chi connectivity index (χ3v) is 3.74. The minimum absolute atomic E-state index is 0.0201. The van der Waals surface area contributed by atoms with Crippen LogP contribution in [0.3, 0.4) is 0 Å². The van der Waals surface area contributed by atoms with E-state index in [-0.39, 0.29) is 30.5 Å². The van der Waals surface area contributed by atoms with Crippen LogP contribution in [0.2, 0.25) is 0 Å². The number of esters is 1. The van der Waals surface area contributed by atoms with Gasteiger partial charge in [-0.3, -0.25) is 4.79 Å². The molecule has 2 fully saturated rings. The number of anilines is 1. The first-order valence-electron chi connectivity index (χ1n) is 7.42. The highest BCUT2D eigenvalue weighted by Gasteiger charge is 2.29. The molecule has 1 saturated carbocycles. The van der Waals surface area contributed by atoms with Gasteiger partial charge in [0.1, 0.15) is 6.61 Å². The Hall–Kier alpha value is -1.88. The van der Waals surface area contributed by atoms with Crippen molar-refractivity contribution in [2.24, 2.45) is 5.92 Å². The van der Waals surface area contributed by atoms with Gasteiger partial charge in [-0.15, -0.1) is 0 Å². The highest BCUT2D eigenvalue weighted by molar-refractivity contribution is 5.96. The van der Waals surface area contributed by atoms with Gasteiger partial charge in [0.15, 0.2) is 0 Å². The molecule has 1 heterocycles. The molecule has 1 aliphatic heterocycles. The molecule has 1 aliphatic carbocycles. The van der Waals surface area contributed by atoms with Crippen LogP contribution in [0.25, 0.3) is 0 Å². The van der Waals surface area contributed by atoms with Crippen LogP contribution < -0.4 is 5.32 Å². The summed E-state index contributed by atoms with van der Waals surface area (Å²) in [6.07, 6.45) is 3.88. The molecule has 1 aromatic carbocycles. The maximum atomic E-state index is 12.0. The predicted octanol–water partition coefficient (Wildman–Crippen LogP) is 2.37. The number of nitrogens with one attached hydrogen (secondary N) is 1. The SMILES string of the molecule is O=C(OCC1CCCO1)c1cccc(NC(=O)C2CC2)c1. The van der Waals surface area contributed by atoms with E-state index in [1.807, 2.05) is 0 Å². The van der Waals surface area contributed by atoms with E-state index in [2.05, 4.69) is 5.32 Å². The predicted molar refractivity (Wildman–Crippen MR) is 77.1 cm³/mol. The topological polar surface area (TPSA) is 64.6 Å². The second kappa shape index (κ2) is 6.26. The van der Waals surface area contributed by atoms with Gasteiger partial charge in [-0.25, -0.2) is 4.79 Å². The second-order valence-corrected chi connectivity index (χ2v) is 5.58. The lowest BCUT2D eigenvalue weighted by molar-refractivity contribution is -0.117. The van der Waals surface area contributed by atoms with Crippen molar-refractivity contribution in [3.63, 3.8) is 0 Å². The molecule has 5 heteroatoms. The molecule has 2 aliphatic rings. The number of rotatable bonds is 5. The van der Waals surface area contributed by atoms with Gasteiger partial charge in [0.05, 0.1) is 11.7 Å². The Morgan fingerprint density at radius 1 is 1.29 bits per heavy atom. The van der Waals surface area contributed by atoms with Crippen LogP contribution in [0, 0.1) is 5.92 Å². The number of hydrogen-bond acceptors (Lipinski definition) is 4. The summed E-state index contributed by atoms with van der Waals surface area (Å²) >= 11 is 0. The maximum absolute atomic E-state index is 12.0. The van der Waals surface area contributed by atoms with Crippen LogP contribution in [0.4, 0.5) is 5.69 Å². The van der Waals surface area contributed by atoms with E-state index in [0.717, 1.165) is 32.3 Å². The van der Waals surface area contributed by atoms with Crippen molar-refractivity contribution in [2.75, 3.05) is 18.5 Å². The fraction of sp³-hybridized carbons (Fsp3) is 0.500. The fourth-order valence-corrected chi connectivity index (χ4v) is 2.34. The standard InChI is InChI=1S/C16H19NO4/c18-15(11-6-7-11)17-13-4-1-3-12(9-13)16(19)21-10-14-5-2-8-20-14/h1,3-4,9,11,14H,2,5-8,10H2,(H,17,18). The lowest BCUT2D eigenvalue weighted by atomic mass is 10.2. The molecule has 3 rings (SSSR count). The number of hydrogen-bond donors (Lipinski definition) is 1. The first-order valence-corrected chi connectivity index (χ1v) is 7.42. The molecule has 0 bridgehead atoms. The summed E-state index contributed by atoms with van der Waals surface area (Å²) in [4.78, 5) is 23.7. The zero-order chi connectivity index (χ0) is 14.7. The van der Waals surface area contributed by atoms with Crippen molar-refractivity contribution >= 4 is 17.6 Å². The van der Waals surface area contributed by atoms with Gasteiger partial charge in [0.25, 0.3) is 0 Å². The molecule has 1 unspecified atom stereocenters. The van der Waals surface area contributed by atoms with E-state index in [4.69, 9.17) is 9.47 Å². The number of carbonyl (C=O) groups is 2. The van der Waals surface area contributed by atoms with Gasteiger partial charge >= 0.3 is 5.97 Å². The summed E-state index contributed by atoms with van der Waals surface area (Å²) in [5.74, 6) is -0.215. The smallest absolute Gasteiger partial charge is 0.338 e. The van der Waals surface area contributed by atoms with E-state index in [1.165, 1.54) is 0 Å². The van der Waals surface area contributed by atoms with Gasteiger partial charge in [0, 0.05) is 18.2 Å². The highest BCUT2D eigenvalue weighted by atomic mass is 16.6. The molecule has 1 saturated heterocycles. The maximum Gasteiger partial charge on any atom is 0.338 e. The van der Waals surface area contributed by atoms with Crippen molar-refractivity contribution in [1.29, 1.82) is 0 Å². The summed E-state index contributed by atoms with van der Waals surface area (Å²) in [6.45, 7) is 1.03. The highest BCUT2D eigenvalue weighted by Crippen LogP contribution is 2.30. The Bertz CT molecular complexity index is 533. The van der Waals surface area contributed by atoms with E-state index >= 15 is 0 Å². The quantitative estimate of drug-likeness (QED) is 0.845. The summed E-state index contributed by atoms with van der Waals surface area (Å²) in [5.41, 5.74) is 1.08. The molecular weight excluding hydrogens is 270 g/mol. The van der Waals surface area contributed by atoms with Gasteiger partial charge in [-0.2, -0.15) is 0 Å². The average molecular weight is 289 g/mol. The van der Waals surface area contributed by atoms with E-state index in [9.17, 15) is 9.59 Å². The van der Waals surface area contributed by atoms with Crippen LogP contribution in [0.5, 0.6) is 0 Å². The van der Waals surface area contributed by atoms with Crippen molar-refractivity contribution < 1.29 is 19.1 Å². The fourth-order valence-electron chi connectivity index (χ4n) is 2.34. The molecule has 5 nitrogen and oxygen atoms in total. The van der Waals surface area contributed by atoms with Crippen molar-refractivity contribution in [1.82, 2.24) is 0 Å². The van der Waals surface area contributed by atoms with Gasteiger partial charge in [-0.05, 0) is 43.9 Å². The molecule has 0 radical (unpaired) electrons. The number of ether oxygens (including phenoxy) is 2. The molecule has 21 heavy (non-hydrogen) atoms. The van der Waals surface area contributed by atoms with Gasteiger partial charge in [-0.1, -0.05) is 6.07 Å². The molecule has 1 atom stereocenters. The van der Waals surface area contributed by atoms with Crippen LogP contribution in [-0.2, 0) is 14.3 Å². The Labute approximate surface area is 123 Å². The largest absolute Gasteiger partial charge is 0.459 e. The van der Waals surface area contributed by atoms with E-state index in [0.29, 0.717) is 11.3 Å². The monoisotopic (exact) mass is 289 g/mol. The van der Waals surface area contributed by atoms with Crippen molar-refractivity contribution in [3.8, 4) is 0 Å². The van der Waals surface area contributed by atoms with Gasteiger partial charge < -0.3 is 14.8 Å². The normalized spacial score (nSPS) is 21.0. The molecule has 0 spiro atoms. The average Bonchev–Trinajstić information content (AvgIpc) is 3.22. The number of amides is 1. The number of benzene rings is 1. The Balaban J connectivity index is 1.56. The summed E-state index contributed by atoms with van der Waals surface area (Å²) in [5, 5.41) is 2.82. The Kier molecular flexibility index (Phi) is 4.20. The molecular formula is C16H19NO4. The van der Waals surface area contributed by atoms with Crippen LogP contribution in [-0.4, -0.2) is 31.2 Å². The van der Waals surface area contributed by atoms with Crippen molar-refractivity contribution in [3.05, 3.63) is 29.8 Å². The third-order valence-electron chi connectivity index (χ3n) is 3.74. The first kappa shape index (κ1) is 14.1. The van der Waals surface area contributed by atoms with Crippen LogP contribution in [0.15, 0.2) is 24.3 Å². The second-order valence-electron chi connectivity index (χ2n) is 5.58. The lowest BCUT2D eigenvalue weighted by Gasteiger charge is -2.11. The zero-order valence-corrected chi connectivity index (χ0v) is 11.8. The summed E-state index contributed by atoms with van der Waals surface area (Å²) in [7, 11) is 0. The minimum Gasteiger partial charge on any atom is -0.459 e. The first-order chi connectivity index (χ1) is 10.2. The third kappa shape index (κ3) is 3.82. The molecule has 112 valence electrons. The zero-order valence-electron chi connectivity index (χ0n) is 11.8. The van der Waals surface area contributed by atoms with Crippen molar-refractivity contribution in [2.45, 2.75) is 31.8 Å². The van der Waals surface area contributed by atoms with E-state index in [1.54, 1.807) is 24.3 Å². The van der Waals surface area contributed by atoms with E-state index < -0.39 is 0 Å². The Morgan fingerprint density at radius 3 is 2.86 bits per heavy atom. The lowest BCUT2D eigenvalue weighted by Crippen LogP contribution is -2.18. The molecule has 1 N–H and O–H groups in total.